The largest absolute Gasteiger partial charge is 0.327 e. The molecule has 0 radical (unpaired) electrons. The van der Waals surface area contributed by atoms with Gasteiger partial charge in [0.05, 0.1) is 11.0 Å². The second kappa shape index (κ2) is 5.33. The maximum absolute atomic E-state index is 4.59. The van der Waals surface area contributed by atoms with Crippen LogP contribution in [-0.4, -0.2) is 33.6 Å². The lowest BCUT2D eigenvalue weighted by Crippen LogP contribution is -2.31. The molecule has 1 N–H and O–H groups in total. The van der Waals surface area contributed by atoms with Crippen LogP contribution in [0.1, 0.15) is 12.2 Å². The normalized spacial score (nSPS) is 19.7. The molecule has 2 aromatic rings. The fraction of sp³-hybridized carbons (Fsp3) is 0.500. The van der Waals surface area contributed by atoms with Gasteiger partial charge in [0.2, 0.25) is 0 Å². The highest BCUT2D eigenvalue weighted by atomic mass is 32.2. The molecule has 0 aliphatic carbocycles. The van der Waals surface area contributed by atoms with Gasteiger partial charge in [-0.3, -0.25) is 0 Å². The molecule has 0 amide bonds. The molecule has 1 atom stereocenters. The molecule has 1 aliphatic rings. The second-order valence-electron chi connectivity index (χ2n) is 4.81. The Hall–Kier alpha value is -1.00. The van der Waals surface area contributed by atoms with Crippen LogP contribution < -0.4 is 5.32 Å². The number of hydrogen-bond donors (Lipinski definition) is 1. The highest BCUT2D eigenvalue weighted by Gasteiger charge is 2.14. The SMILES string of the molecule is Cc1nc2ccccc2n1CCN[C@H]1CCSC1. The number of aromatic nitrogens is 2. The van der Waals surface area contributed by atoms with E-state index in [9.17, 15) is 0 Å². The number of benzene rings is 1. The standard InChI is InChI=1S/C14H19N3S/c1-11-16-13-4-2-3-5-14(13)17(11)8-7-15-12-6-9-18-10-12/h2-5,12,15H,6-10H2,1H3/t12-/m0/s1. The van der Waals surface area contributed by atoms with E-state index in [1.54, 1.807) is 0 Å². The Balaban J connectivity index is 1.68. The Bertz CT molecular complexity index is 529. The number of para-hydroxylation sites is 2. The van der Waals surface area contributed by atoms with Gasteiger partial charge in [0, 0.05) is 24.9 Å². The second-order valence-corrected chi connectivity index (χ2v) is 5.96. The van der Waals surface area contributed by atoms with Crippen molar-refractivity contribution in [2.24, 2.45) is 0 Å². The summed E-state index contributed by atoms with van der Waals surface area (Å²) in [7, 11) is 0. The molecular weight excluding hydrogens is 242 g/mol. The van der Waals surface area contributed by atoms with Crippen molar-refractivity contribution in [1.29, 1.82) is 0 Å². The van der Waals surface area contributed by atoms with Gasteiger partial charge in [-0.2, -0.15) is 11.8 Å². The van der Waals surface area contributed by atoms with Crippen LogP contribution in [0.5, 0.6) is 0 Å². The first-order valence-electron chi connectivity index (χ1n) is 6.57. The number of nitrogens with one attached hydrogen (secondary N) is 1. The topological polar surface area (TPSA) is 29.9 Å². The summed E-state index contributed by atoms with van der Waals surface area (Å²) in [5.74, 6) is 3.69. The zero-order valence-corrected chi connectivity index (χ0v) is 11.5. The third-order valence-corrected chi connectivity index (χ3v) is 4.71. The first-order chi connectivity index (χ1) is 8.84. The summed E-state index contributed by atoms with van der Waals surface area (Å²) in [6, 6.07) is 9.08. The minimum absolute atomic E-state index is 0.713. The third kappa shape index (κ3) is 2.40. The van der Waals surface area contributed by atoms with Crippen molar-refractivity contribution >= 4 is 22.8 Å². The molecule has 1 saturated heterocycles. The molecule has 96 valence electrons. The summed E-state index contributed by atoms with van der Waals surface area (Å²) in [5.41, 5.74) is 2.35. The van der Waals surface area contributed by atoms with E-state index in [4.69, 9.17) is 0 Å². The van der Waals surface area contributed by atoms with Gasteiger partial charge >= 0.3 is 0 Å². The lowest BCUT2D eigenvalue weighted by molar-refractivity contribution is 0.522. The Morgan fingerprint density at radius 3 is 3.17 bits per heavy atom. The lowest BCUT2D eigenvalue weighted by atomic mass is 10.2. The number of nitrogens with zero attached hydrogens (tertiary/aromatic N) is 2. The van der Waals surface area contributed by atoms with E-state index in [1.165, 1.54) is 23.4 Å². The molecule has 3 nitrogen and oxygen atoms in total. The number of hydrogen-bond acceptors (Lipinski definition) is 3. The van der Waals surface area contributed by atoms with E-state index in [0.717, 1.165) is 24.4 Å². The van der Waals surface area contributed by atoms with Crippen molar-refractivity contribution in [1.82, 2.24) is 14.9 Å². The minimum atomic E-state index is 0.713. The number of thioether (sulfide) groups is 1. The van der Waals surface area contributed by atoms with E-state index >= 15 is 0 Å². The molecule has 3 rings (SSSR count). The van der Waals surface area contributed by atoms with E-state index in [2.05, 4.69) is 51.8 Å². The lowest BCUT2D eigenvalue weighted by Gasteiger charge is -2.12. The first-order valence-corrected chi connectivity index (χ1v) is 7.73. The van der Waals surface area contributed by atoms with Crippen LogP contribution in [0.4, 0.5) is 0 Å². The predicted molar refractivity (Wildman–Crippen MR) is 78.2 cm³/mol. The van der Waals surface area contributed by atoms with E-state index in [1.807, 2.05) is 6.07 Å². The quantitative estimate of drug-likeness (QED) is 0.917. The van der Waals surface area contributed by atoms with Crippen LogP contribution in [0.15, 0.2) is 24.3 Å². The van der Waals surface area contributed by atoms with E-state index in [-0.39, 0.29) is 0 Å². The van der Waals surface area contributed by atoms with Crippen LogP contribution in [0.2, 0.25) is 0 Å². The molecule has 2 heterocycles. The molecular formula is C14H19N3S. The monoisotopic (exact) mass is 261 g/mol. The molecule has 0 bridgehead atoms. The number of rotatable bonds is 4. The zero-order chi connectivity index (χ0) is 12.4. The van der Waals surface area contributed by atoms with Gasteiger partial charge in [0.1, 0.15) is 5.82 Å². The van der Waals surface area contributed by atoms with Crippen molar-refractivity contribution in [2.45, 2.75) is 25.9 Å². The number of aryl methyl sites for hydroxylation is 1. The van der Waals surface area contributed by atoms with Gasteiger partial charge in [-0.05, 0) is 31.2 Å². The average molecular weight is 261 g/mol. The van der Waals surface area contributed by atoms with Crippen molar-refractivity contribution in [3.05, 3.63) is 30.1 Å². The van der Waals surface area contributed by atoms with Crippen LogP contribution >= 0.6 is 11.8 Å². The summed E-state index contributed by atoms with van der Waals surface area (Å²) in [6.45, 7) is 4.13. The molecule has 1 aliphatic heterocycles. The molecule has 18 heavy (non-hydrogen) atoms. The average Bonchev–Trinajstić information content (AvgIpc) is 2.98. The zero-order valence-electron chi connectivity index (χ0n) is 10.7. The van der Waals surface area contributed by atoms with Crippen LogP contribution in [0.25, 0.3) is 11.0 Å². The van der Waals surface area contributed by atoms with Crippen molar-refractivity contribution in [3.8, 4) is 0 Å². The summed E-state index contributed by atoms with van der Waals surface area (Å²) >= 11 is 2.05. The van der Waals surface area contributed by atoms with Gasteiger partial charge < -0.3 is 9.88 Å². The van der Waals surface area contributed by atoms with Gasteiger partial charge in [-0.25, -0.2) is 4.98 Å². The van der Waals surface area contributed by atoms with Gasteiger partial charge in [-0.15, -0.1) is 0 Å². The summed E-state index contributed by atoms with van der Waals surface area (Å²) in [4.78, 5) is 4.59. The summed E-state index contributed by atoms with van der Waals surface area (Å²) < 4.78 is 2.31. The highest BCUT2D eigenvalue weighted by Crippen LogP contribution is 2.17. The molecule has 4 heteroatoms. The van der Waals surface area contributed by atoms with Crippen LogP contribution in [0.3, 0.4) is 0 Å². The molecule has 0 saturated carbocycles. The predicted octanol–water partition coefficient (Wildman–Crippen LogP) is 2.44. The van der Waals surface area contributed by atoms with Crippen molar-refractivity contribution in [2.75, 3.05) is 18.1 Å². The van der Waals surface area contributed by atoms with Crippen LogP contribution in [0, 0.1) is 6.92 Å². The Morgan fingerprint density at radius 2 is 2.33 bits per heavy atom. The molecule has 0 unspecified atom stereocenters. The highest BCUT2D eigenvalue weighted by molar-refractivity contribution is 7.99. The fourth-order valence-corrected chi connectivity index (χ4v) is 3.74. The Kier molecular flexibility index (Phi) is 3.57. The smallest absolute Gasteiger partial charge is 0.106 e. The van der Waals surface area contributed by atoms with Gasteiger partial charge in [-0.1, -0.05) is 12.1 Å². The molecule has 1 aromatic carbocycles. The maximum Gasteiger partial charge on any atom is 0.106 e. The van der Waals surface area contributed by atoms with E-state index < -0.39 is 0 Å². The first kappa shape index (κ1) is 12.1. The summed E-state index contributed by atoms with van der Waals surface area (Å²) in [6.07, 6.45) is 1.31. The van der Waals surface area contributed by atoms with Gasteiger partial charge in [0.15, 0.2) is 0 Å². The minimum Gasteiger partial charge on any atom is -0.327 e. The Morgan fingerprint density at radius 1 is 1.44 bits per heavy atom. The van der Waals surface area contributed by atoms with Crippen molar-refractivity contribution in [3.63, 3.8) is 0 Å². The maximum atomic E-state index is 4.59. The van der Waals surface area contributed by atoms with Crippen molar-refractivity contribution < 1.29 is 0 Å². The Labute approximate surface area is 112 Å². The molecule has 0 spiro atoms. The molecule has 1 fully saturated rings. The van der Waals surface area contributed by atoms with Crippen LogP contribution in [-0.2, 0) is 6.54 Å². The summed E-state index contributed by atoms with van der Waals surface area (Å²) in [5, 5.41) is 3.64. The number of imidazole rings is 1. The fourth-order valence-electron chi connectivity index (χ4n) is 2.55. The molecule has 1 aromatic heterocycles. The third-order valence-electron chi connectivity index (χ3n) is 3.54. The van der Waals surface area contributed by atoms with E-state index in [0.29, 0.717) is 6.04 Å². The number of fused-ring (bicyclic) bond motifs is 1. The van der Waals surface area contributed by atoms with Gasteiger partial charge in [0.25, 0.3) is 0 Å².